The maximum atomic E-state index is 14.4. The van der Waals surface area contributed by atoms with E-state index in [2.05, 4.69) is 0 Å². The lowest BCUT2D eigenvalue weighted by atomic mass is 9.95. The number of carbonyl (C=O) groups excluding carboxylic acids is 5. The molecular formula is C61H76O35. The Morgan fingerprint density at radius 2 is 0.979 bits per heavy atom. The van der Waals surface area contributed by atoms with E-state index in [0.29, 0.717) is 0 Å². The smallest absolute Gasteiger partial charge is 0.338 e. The highest BCUT2D eigenvalue weighted by Crippen LogP contribution is 2.43. The molecule has 5 fully saturated rings. The molecule has 0 aromatic heterocycles. The minimum atomic E-state index is -3.03. The number of aromatic hydroxyl groups is 2. The molecule has 8 rings (SSSR count). The summed E-state index contributed by atoms with van der Waals surface area (Å²) in [7, 11) is 2.54. The second kappa shape index (κ2) is 33.4. The summed E-state index contributed by atoms with van der Waals surface area (Å²) in [4.78, 5) is 67.7. The van der Waals surface area contributed by atoms with E-state index in [1.54, 1.807) is 6.07 Å². The standard InChI is InChI=1S/C61H76O35/c1-26(65)83-23-38-51(91-57-48(77)45(74)42(71)35(20-62)86-57)47(76)50(79)59(88-38)92-53-52(90-41(70)17-13-29-10-14-31(67)34(19-29)82-4)39(24-84-27(2)66)89-60(54(53)93-58-49(78)46(75)43(72)36(21-63)87-58)96-61(25-85-40(69)16-12-28-11-15-33(81-3)32(68)18-28)55(44(73)37(22-64)95-61)94-56(80)30-8-6-5-7-9-30/h5-19,35-39,42-55,57-60,62-64,67-68,71-79H,20-25H2,1-4H3/t35-,36+,37+,38-,39+,42-,43+,44+,45+,46+,47-,48-,49-,50-,51-,52+,53-,54+,55-,57+,58+,59+,60-,61+/m0/s1. The highest BCUT2D eigenvalue weighted by molar-refractivity contribution is 5.90. The molecule has 3 aromatic rings. The first kappa shape index (κ1) is 74.6. The zero-order valence-electron chi connectivity index (χ0n) is 51.5. The van der Waals surface area contributed by atoms with Gasteiger partial charge in [0.15, 0.2) is 60.4 Å². The van der Waals surface area contributed by atoms with E-state index in [4.69, 9.17) is 75.8 Å². The lowest BCUT2D eigenvalue weighted by Gasteiger charge is -2.51. The summed E-state index contributed by atoms with van der Waals surface area (Å²) in [6.07, 6.45) is -45.7. The lowest BCUT2D eigenvalue weighted by molar-refractivity contribution is -0.423. The van der Waals surface area contributed by atoms with Crippen LogP contribution >= 0.6 is 0 Å². The Kier molecular flexibility index (Phi) is 26.0. The van der Waals surface area contributed by atoms with E-state index in [1.165, 1.54) is 81.0 Å². The highest BCUT2D eigenvalue weighted by Gasteiger charge is 2.64. The topological polar surface area (TPSA) is 516 Å². The van der Waals surface area contributed by atoms with Gasteiger partial charge in [-0.3, -0.25) is 9.59 Å². The van der Waals surface area contributed by atoms with Crippen LogP contribution in [-0.2, 0) is 85.5 Å². The number of phenolic OH excluding ortho intramolecular Hbond substituents is 2. The normalized spacial score (nSPS) is 35.4. The molecule has 24 atom stereocenters. The minimum absolute atomic E-state index is 0.0405. The Labute approximate surface area is 545 Å². The van der Waals surface area contributed by atoms with Crippen LogP contribution in [0, 0.1) is 0 Å². The van der Waals surface area contributed by atoms with Gasteiger partial charge in [0.05, 0.1) is 39.6 Å². The van der Waals surface area contributed by atoms with Gasteiger partial charge in [-0.1, -0.05) is 30.3 Å². The molecule has 3 aromatic carbocycles. The van der Waals surface area contributed by atoms with Gasteiger partial charge in [-0.05, 0) is 59.7 Å². The monoisotopic (exact) mass is 1370 g/mol. The average Bonchev–Trinajstić information content (AvgIpc) is 1.42. The number of hydrogen-bond acceptors (Lipinski definition) is 35. The Hall–Kier alpha value is -7.15. The van der Waals surface area contributed by atoms with Crippen LogP contribution in [0.15, 0.2) is 78.9 Å². The van der Waals surface area contributed by atoms with Crippen LogP contribution in [0.25, 0.3) is 12.2 Å². The van der Waals surface area contributed by atoms with E-state index >= 15 is 0 Å². The number of phenols is 2. The number of methoxy groups -OCH3 is 2. The van der Waals surface area contributed by atoms with Crippen molar-refractivity contribution in [3.63, 3.8) is 0 Å². The fraction of sp³-hybridized carbons (Fsp3) is 0.557. The van der Waals surface area contributed by atoms with Crippen LogP contribution < -0.4 is 9.47 Å². The Morgan fingerprint density at radius 1 is 0.479 bits per heavy atom. The van der Waals surface area contributed by atoms with Crippen molar-refractivity contribution >= 4 is 42.0 Å². The molecule has 530 valence electrons. The summed E-state index contributed by atoms with van der Waals surface area (Å²) >= 11 is 0. The van der Waals surface area contributed by atoms with E-state index in [-0.39, 0.29) is 39.7 Å². The molecule has 35 nitrogen and oxygen atoms in total. The van der Waals surface area contributed by atoms with Crippen molar-refractivity contribution in [1.29, 1.82) is 0 Å². The highest BCUT2D eigenvalue weighted by atomic mass is 16.8. The summed E-state index contributed by atoms with van der Waals surface area (Å²) in [6.45, 7) is -4.53. The number of aliphatic hydroxyl groups is 12. The van der Waals surface area contributed by atoms with Gasteiger partial charge >= 0.3 is 29.8 Å². The number of rotatable bonds is 26. The molecule has 0 saturated carbocycles. The molecule has 0 bridgehead atoms. The van der Waals surface area contributed by atoms with E-state index in [0.717, 1.165) is 32.1 Å². The van der Waals surface area contributed by atoms with Crippen molar-refractivity contribution in [3.8, 4) is 23.0 Å². The number of aliphatic hydroxyl groups excluding tert-OH is 12. The largest absolute Gasteiger partial charge is 0.504 e. The molecule has 0 amide bonds. The van der Waals surface area contributed by atoms with Crippen LogP contribution in [0.2, 0.25) is 0 Å². The van der Waals surface area contributed by atoms with Gasteiger partial charge in [0.2, 0.25) is 5.79 Å². The summed E-state index contributed by atoms with van der Waals surface area (Å²) in [6, 6.07) is 14.9. The molecule has 0 radical (unpaired) electrons. The lowest BCUT2D eigenvalue weighted by Crippen LogP contribution is -2.69. The fourth-order valence-electron chi connectivity index (χ4n) is 10.8. The summed E-state index contributed by atoms with van der Waals surface area (Å²) in [5.74, 6) is -9.43. The van der Waals surface area contributed by atoms with Gasteiger partial charge in [0.1, 0.15) is 124 Å². The third-order valence-electron chi connectivity index (χ3n) is 15.8. The Balaban J connectivity index is 1.29. The van der Waals surface area contributed by atoms with Gasteiger partial charge < -0.3 is 147 Å². The number of hydrogen-bond donors (Lipinski definition) is 14. The van der Waals surface area contributed by atoms with Gasteiger partial charge in [0, 0.05) is 26.0 Å². The molecule has 96 heavy (non-hydrogen) atoms. The number of carbonyl (C=O) groups is 5. The first-order chi connectivity index (χ1) is 45.7. The molecule has 5 heterocycles. The SMILES string of the molecule is COc1ccc(C=CC(=O)OC[C@]2(O[C@@H]3O[C@H](COC(C)=O)[C@@H](OC(=O)C=Cc4ccc(O)c(OC)c4)[C@H](O[C@H]4O[C@@H](COC(C)=O)[C@H](O[C@H]5O[C@@H](CO)[C@H](O)[C@@H](O)[C@@H]5O)[C@@H](O)[C@@H]4O)[C@H]3O[C@H]3O[C@H](CO)[C@@H](O)[C@@H](O)[C@@H]3O)O[C@H](CO)[C@@H](O)[C@@H]2OC(=O)c2ccccc2)cc1O. The summed E-state index contributed by atoms with van der Waals surface area (Å²) in [5.41, 5.74) is 0.262. The van der Waals surface area contributed by atoms with Crippen molar-refractivity contribution in [2.24, 2.45) is 0 Å². The molecule has 0 aliphatic carbocycles. The van der Waals surface area contributed by atoms with Crippen molar-refractivity contribution in [2.75, 3.05) is 53.9 Å². The van der Waals surface area contributed by atoms with Crippen LogP contribution in [0.3, 0.4) is 0 Å². The molecule has 0 unspecified atom stereocenters. The maximum Gasteiger partial charge on any atom is 0.338 e. The van der Waals surface area contributed by atoms with Gasteiger partial charge in [-0.15, -0.1) is 0 Å². The van der Waals surface area contributed by atoms with Crippen molar-refractivity contribution in [3.05, 3.63) is 95.6 Å². The minimum Gasteiger partial charge on any atom is -0.504 e. The third kappa shape index (κ3) is 17.6. The first-order valence-corrected chi connectivity index (χ1v) is 29.6. The second-order valence-corrected chi connectivity index (χ2v) is 22.4. The molecule has 14 N–H and O–H groups in total. The molecule has 5 aliphatic rings. The van der Waals surface area contributed by atoms with Crippen molar-refractivity contribution < 1.29 is 171 Å². The predicted octanol–water partition coefficient (Wildman–Crippen LogP) is -4.96. The summed E-state index contributed by atoms with van der Waals surface area (Å²) < 4.78 is 94.1. The van der Waals surface area contributed by atoms with Crippen molar-refractivity contribution in [1.82, 2.24) is 0 Å². The van der Waals surface area contributed by atoms with Crippen molar-refractivity contribution in [2.45, 2.75) is 161 Å². The molecule has 35 heteroatoms. The number of ether oxygens (including phenoxy) is 16. The quantitative estimate of drug-likeness (QED) is 0.0203. The van der Waals surface area contributed by atoms with E-state index in [9.17, 15) is 95.5 Å². The number of esters is 5. The van der Waals surface area contributed by atoms with Crippen LogP contribution in [0.1, 0.15) is 35.3 Å². The second-order valence-electron chi connectivity index (χ2n) is 22.4. The Morgan fingerprint density at radius 3 is 1.53 bits per heavy atom. The zero-order chi connectivity index (χ0) is 69.9. The molecule has 0 spiro atoms. The van der Waals surface area contributed by atoms with E-state index < -0.39 is 216 Å². The molecule has 5 aliphatic heterocycles. The zero-order valence-corrected chi connectivity index (χ0v) is 51.5. The average molecular weight is 1370 g/mol. The maximum absolute atomic E-state index is 14.4. The van der Waals surface area contributed by atoms with Gasteiger partial charge in [-0.2, -0.15) is 0 Å². The Bertz CT molecular complexity index is 3150. The number of benzene rings is 3. The first-order valence-electron chi connectivity index (χ1n) is 29.6. The predicted molar refractivity (Wildman–Crippen MR) is 310 cm³/mol. The molecular weight excluding hydrogens is 1290 g/mol. The van der Waals surface area contributed by atoms with Gasteiger partial charge in [-0.25, -0.2) is 14.4 Å². The van der Waals surface area contributed by atoms with Crippen LogP contribution in [0.4, 0.5) is 0 Å². The van der Waals surface area contributed by atoms with E-state index in [1.807, 2.05) is 0 Å². The van der Waals surface area contributed by atoms with Crippen LogP contribution in [0.5, 0.6) is 23.0 Å². The van der Waals surface area contributed by atoms with Gasteiger partial charge in [0.25, 0.3) is 0 Å². The van der Waals surface area contributed by atoms with Crippen LogP contribution in [-0.4, -0.2) is 302 Å². The fourth-order valence-corrected chi connectivity index (χ4v) is 10.8. The summed E-state index contributed by atoms with van der Waals surface area (Å²) in [5, 5.41) is 154. The third-order valence-corrected chi connectivity index (χ3v) is 15.8. The molecule has 5 saturated heterocycles.